The fourth-order valence-electron chi connectivity index (χ4n) is 4.93. The Bertz CT molecular complexity index is 701. The zero-order valence-electron chi connectivity index (χ0n) is 16.0. The number of hydrogen-bond acceptors (Lipinski definition) is 4. The standard InChI is InChI=1S/C21H27F3N2O2/c22-21(23,24)20-5-1-3-17(25-20)14-8-11-26(12-9-14)10-2-4-18(27)16-13-15-6-7-19(16)28-15/h1,3,5,14-16,19H,2,4,6-13H2/t15-,16+,19+/m0/s1. The first-order chi connectivity index (χ1) is 13.4. The van der Waals surface area contributed by atoms with Gasteiger partial charge in [0, 0.05) is 24.0 Å². The van der Waals surface area contributed by atoms with Gasteiger partial charge in [0.25, 0.3) is 0 Å². The molecular formula is C21H27F3N2O2. The summed E-state index contributed by atoms with van der Waals surface area (Å²) < 4.78 is 44.3. The number of nitrogens with zero attached hydrogens (tertiary/aromatic N) is 2. The van der Waals surface area contributed by atoms with Gasteiger partial charge in [-0.05, 0) is 70.3 Å². The van der Waals surface area contributed by atoms with Gasteiger partial charge in [0.2, 0.25) is 0 Å². The lowest BCUT2D eigenvalue weighted by Gasteiger charge is -2.32. The Labute approximate surface area is 163 Å². The average Bonchev–Trinajstić information content (AvgIpc) is 3.31. The third kappa shape index (κ3) is 4.40. The largest absolute Gasteiger partial charge is 0.433 e. The number of aromatic nitrogens is 1. The predicted molar refractivity (Wildman–Crippen MR) is 97.9 cm³/mol. The number of ketones is 1. The Morgan fingerprint density at radius 3 is 2.61 bits per heavy atom. The van der Waals surface area contributed by atoms with E-state index in [-0.39, 0.29) is 17.9 Å². The summed E-state index contributed by atoms with van der Waals surface area (Å²) >= 11 is 0. The lowest BCUT2D eigenvalue weighted by Crippen LogP contribution is -2.34. The number of fused-ring (bicyclic) bond motifs is 2. The van der Waals surface area contributed by atoms with Crippen LogP contribution in [0.2, 0.25) is 0 Å². The van der Waals surface area contributed by atoms with Gasteiger partial charge < -0.3 is 9.64 Å². The number of carbonyl (C=O) groups is 1. The molecule has 0 unspecified atom stereocenters. The first kappa shape index (κ1) is 19.8. The lowest BCUT2D eigenvalue weighted by atomic mass is 9.84. The van der Waals surface area contributed by atoms with Gasteiger partial charge in [-0.3, -0.25) is 4.79 Å². The summed E-state index contributed by atoms with van der Waals surface area (Å²) in [6.07, 6.45) is 2.17. The zero-order chi connectivity index (χ0) is 19.7. The maximum absolute atomic E-state index is 12.9. The summed E-state index contributed by atoms with van der Waals surface area (Å²) in [6.45, 7) is 2.55. The van der Waals surface area contributed by atoms with E-state index in [1.54, 1.807) is 6.07 Å². The molecule has 0 aliphatic carbocycles. The van der Waals surface area contributed by atoms with Crippen molar-refractivity contribution >= 4 is 5.78 Å². The number of halogens is 3. The molecule has 0 radical (unpaired) electrons. The number of hydrogen-bond donors (Lipinski definition) is 0. The zero-order valence-corrected chi connectivity index (χ0v) is 16.0. The minimum atomic E-state index is -4.40. The van der Waals surface area contributed by atoms with E-state index >= 15 is 0 Å². The molecule has 3 saturated heterocycles. The van der Waals surface area contributed by atoms with E-state index in [0.717, 1.165) is 64.2 Å². The normalized spacial score (nSPS) is 28.8. The van der Waals surface area contributed by atoms with Crippen molar-refractivity contribution in [3.05, 3.63) is 29.6 Å². The van der Waals surface area contributed by atoms with Crippen LogP contribution in [0, 0.1) is 5.92 Å². The van der Waals surface area contributed by atoms with Gasteiger partial charge in [-0.25, -0.2) is 4.98 Å². The van der Waals surface area contributed by atoms with Crippen LogP contribution in [0.3, 0.4) is 0 Å². The maximum Gasteiger partial charge on any atom is 0.433 e. The SMILES string of the molecule is O=C(CCCN1CCC(c2cccc(C(F)(F)F)n2)CC1)[C@H]1C[C@@H]2CC[C@H]1O2. The van der Waals surface area contributed by atoms with Crippen molar-refractivity contribution in [2.45, 2.75) is 69.2 Å². The first-order valence-electron chi connectivity index (χ1n) is 10.3. The number of Topliss-reactive ketones (excluding diaryl/α,β-unsaturated/α-hetero) is 1. The van der Waals surface area contributed by atoms with Crippen molar-refractivity contribution in [2.75, 3.05) is 19.6 Å². The summed E-state index contributed by atoms with van der Waals surface area (Å²) in [5.41, 5.74) is -0.267. The molecular weight excluding hydrogens is 369 g/mol. The fourth-order valence-corrected chi connectivity index (χ4v) is 4.93. The summed E-state index contributed by atoms with van der Waals surface area (Å²) in [6, 6.07) is 4.17. The number of rotatable bonds is 6. The van der Waals surface area contributed by atoms with Crippen LogP contribution in [0.25, 0.3) is 0 Å². The van der Waals surface area contributed by atoms with Gasteiger partial charge in [0.15, 0.2) is 0 Å². The molecule has 3 aliphatic rings. The summed E-state index contributed by atoms with van der Waals surface area (Å²) in [7, 11) is 0. The number of ether oxygens (including phenoxy) is 1. The van der Waals surface area contributed by atoms with Crippen LogP contribution in [0.4, 0.5) is 13.2 Å². The Morgan fingerprint density at radius 1 is 1.18 bits per heavy atom. The highest BCUT2D eigenvalue weighted by molar-refractivity contribution is 5.82. The molecule has 3 fully saturated rings. The molecule has 0 aromatic carbocycles. The molecule has 4 nitrogen and oxygen atoms in total. The van der Waals surface area contributed by atoms with Crippen molar-refractivity contribution in [1.82, 2.24) is 9.88 Å². The van der Waals surface area contributed by atoms with E-state index in [9.17, 15) is 18.0 Å². The van der Waals surface area contributed by atoms with Crippen molar-refractivity contribution in [1.29, 1.82) is 0 Å². The van der Waals surface area contributed by atoms with Gasteiger partial charge in [-0.1, -0.05) is 6.07 Å². The van der Waals surface area contributed by atoms with Crippen molar-refractivity contribution in [3.63, 3.8) is 0 Å². The van der Waals surface area contributed by atoms with Crippen LogP contribution in [-0.4, -0.2) is 47.5 Å². The van der Waals surface area contributed by atoms with E-state index in [1.807, 2.05) is 0 Å². The Balaban J connectivity index is 1.20. The molecule has 154 valence electrons. The van der Waals surface area contributed by atoms with E-state index in [0.29, 0.717) is 24.0 Å². The Morgan fingerprint density at radius 2 is 1.96 bits per heavy atom. The molecule has 4 heterocycles. The number of piperidine rings is 1. The van der Waals surface area contributed by atoms with Crippen LogP contribution in [0.5, 0.6) is 0 Å². The molecule has 7 heteroatoms. The summed E-state index contributed by atoms with van der Waals surface area (Å²) in [4.78, 5) is 18.6. The Kier molecular flexibility index (Phi) is 5.74. The minimum Gasteiger partial charge on any atom is -0.374 e. The number of likely N-dealkylation sites (tertiary alicyclic amines) is 1. The van der Waals surface area contributed by atoms with E-state index < -0.39 is 11.9 Å². The molecule has 1 aromatic rings. The fraction of sp³-hybridized carbons (Fsp3) is 0.714. The van der Waals surface area contributed by atoms with Crippen LogP contribution < -0.4 is 0 Å². The Hall–Kier alpha value is -1.47. The highest BCUT2D eigenvalue weighted by Crippen LogP contribution is 2.39. The third-order valence-corrected chi connectivity index (χ3v) is 6.48. The second-order valence-corrected chi connectivity index (χ2v) is 8.35. The highest BCUT2D eigenvalue weighted by atomic mass is 19.4. The van der Waals surface area contributed by atoms with E-state index in [2.05, 4.69) is 9.88 Å². The molecule has 4 rings (SSSR count). The number of alkyl halides is 3. The number of carbonyl (C=O) groups excluding carboxylic acids is 1. The van der Waals surface area contributed by atoms with Crippen LogP contribution in [0.15, 0.2) is 18.2 Å². The van der Waals surface area contributed by atoms with Gasteiger partial charge in [-0.2, -0.15) is 13.2 Å². The lowest BCUT2D eigenvalue weighted by molar-refractivity contribution is -0.141. The molecule has 0 amide bonds. The van der Waals surface area contributed by atoms with Crippen LogP contribution >= 0.6 is 0 Å². The smallest absolute Gasteiger partial charge is 0.374 e. The van der Waals surface area contributed by atoms with Gasteiger partial charge in [0.05, 0.1) is 12.2 Å². The summed E-state index contributed by atoms with van der Waals surface area (Å²) in [5.74, 6) is 0.526. The summed E-state index contributed by atoms with van der Waals surface area (Å²) in [5, 5.41) is 0. The molecule has 28 heavy (non-hydrogen) atoms. The van der Waals surface area contributed by atoms with Crippen molar-refractivity contribution in [3.8, 4) is 0 Å². The second-order valence-electron chi connectivity index (χ2n) is 8.35. The minimum absolute atomic E-state index is 0.0753. The van der Waals surface area contributed by atoms with E-state index in [4.69, 9.17) is 4.74 Å². The molecule has 0 N–H and O–H groups in total. The molecule has 0 spiro atoms. The van der Waals surface area contributed by atoms with Crippen molar-refractivity contribution < 1.29 is 22.7 Å². The van der Waals surface area contributed by atoms with Crippen molar-refractivity contribution in [2.24, 2.45) is 5.92 Å². The highest BCUT2D eigenvalue weighted by Gasteiger charge is 2.43. The van der Waals surface area contributed by atoms with Gasteiger partial charge in [-0.15, -0.1) is 0 Å². The number of pyridine rings is 1. The van der Waals surface area contributed by atoms with Gasteiger partial charge >= 0.3 is 6.18 Å². The first-order valence-corrected chi connectivity index (χ1v) is 10.3. The van der Waals surface area contributed by atoms with E-state index in [1.165, 1.54) is 6.07 Å². The molecule has 3 aliphatic heterocycles. The quantitative estimate of drug-likeness (QED) is 0.723. The average molecular weight is 396 g/mol. The third-order valence-electron chi connectivity index (χ3n) is 6.48. The molecule has 3 atom stereocenters. The van der Waals surface area contributed by atoms with Crippen LogP contribution in [0.1, 0.15) is 62.3 Å². The maximum atomic E-state index is 12.9. The molecule has 2 bridgehead atoms. The molecule has 1 aromatic heterocycles. The van der Waals surface area contributed by atoms with Crippen LogP contribution in [-0.2, 0) is 15.7 Å². The second kappa shape index (κ2) is 8.11. The monoisotopic (exact) mass is 396 g/mol. The molecule has 0 saturated carbocycles. The predicted octanol–water partition coefficient (Wildman–Crippen LogP) is 4.20. The topological polar surface area (TPSA) is 42.4 Å². The van der Waals surface area contributed by atoms with Gasteiger partial charge in [0.1, 0.15) is 11.5 Å².